The molecule has 0 aromatic carbocycles. The van der Waals surface area contributed by atoms with Crippen LogP contribution in [0.5, 0.6) is 0 Å². The van der Waals surface area contributed by atoms with Crippen LogP contribution in [0.25, 0.3) is 0 Å². The molecule has 1 atom stereocenters. The highest BCUT2D eigenvalue weighted by atomic mass is 35.5. The van der Waals surface area contributed by atoms with Crippen LogP contribution in [-0.2, 0) is 4.79 Å². The third-order valence-electron chi connectivity index (χ3n) is 2.94. The molecule has 1 saturated heterocycles. The van der Waals surface area contributed by atoms with Crippen molar-refractivity contribution in [3.8, 4) is 0 Å². The third kappa shape index (κ3) is 2.51. The molecule has 18 heavy (non-hydrogen) atoms. The number of halogens is 3. The van der Waals surface area contributed by atoms with Gasteiger partial charge in [-0.25, -0.2) is 4.98 Å². The van der Waals surface area contributed by atoms with Gasteiger partial charge in [-0.1, -0.05) is 34.8 Å². The molecule has 7 heteroatoms. The summed E-state index contributed by atoms with van der Waals surface area (Å²) in [6.45, 7) is 0.725. The molecule has 98 valence electrons. The van der Waals surface area contributed by atoms with Crippen molar-refractivity contribution in [1.82, 2.24) is 10.3 Å². The van der Waals surface area contributed by atoms with Gasteiger partial charge in [0.25, 0.3) is 0 Å². The molecule has 4 nitrogen and oxygen atoms in total. The quantitative estimate of drug-likeness (QED) is 0.855. The lowest BCUT2D eigenvalue weighted by atomic mass is 10.2. The number of rotatable bonds is 2. The second-order valence-electron chi connectivity index (χ2n) is 4.03. The number of pyridine rings is 1. The maximum absolute atomic E-state index is 11.8. The Morgan fingerprint density at radius 1 is 1.44 bits per heavy atom. The van der Waals surface area contributed by atoms with Crippen LogP contribution in [-0.4, -0.2) is 30.5 Å². The Kier molecular flexibility index (Phi) is 4.20. The zero-order chi connectivity index (χ0) is 13.3. The molecule has 1 N–H and O–H groups in total. The topological polar surface area (TPSA) is 45.2 Å². The molecule has 2 rings (SSSR count). The van der Waals surface area contributed by atoms with Gasteiger partial charge >= 0.3 is 0 Å². The van der Waals surface area contributed by atoms with Gasteiger partial charge in [0, 0.05) is 13.6 Å². The highest BCUT2D eigenvalue weighted by Gasteiger charge is 2.32. The zero-order valence-electron chi connectivity index (χ0n) is 9.71. The minimum atomic E-state index is -0.253. The predicted molar refractivity (Wildman–Crippen MR) is 73.7 cm³/mol. The van der Waals surface area contributed by atoms with Crippen molar-refractivity contribution < 1.29 is 4.79 Å². The van der Waals surface area contributed by atoms with Crippen LogP contribution in [0, 0.1) is 0 Å². The molecule has 1 aliphatic rings. The molecule has 1 amide bonds. The van der Waals surface area contributed by atoms with Gasteiger partial charge in [-0.15, -0.1) is 0 Å². The smallest absolute Gasteiger partial charge is 0.242 e. The van der Waals surface area contributed by atoms with E-state index in [4.69, 9.17) is 34.8 Å². The molecule has 1 unspecified atom stereocenters. The van der Waals surface area contributed by atoms with Crippen LogP contribution in [0.2, 0.25) is 15.2 Å². The Bertz CT molecular complexity index is 481. The Labute approximate surface area is 120 Å². The van der Waals surface area contributed by atoms with Crippen molar-refractivity contribution in [3.63, 3.8) is 0 Å². The van der Waals surface area contributed by atoms with Crippen LogP contribution in [0.1, 0.15) is 12.8 Å². The molecule has 1 aromatic heterocycles. The van der Waals surface area contributed by atoms with Gasteiger partial charge in [-0.3, -0.25) is 4.79 Å². The van der Waals surface area contributed by atoms with Gasteiger partial charge in [0.05, 0.1) is 10.0 Å². The summed E-state index contributed by atoms with van der Waals surface area (Å²) in [4.78, 5) is 17.8. The second-order valence-corrected chi connectivity index (χ2v) is 5.20. The summed E-state index contributed by atoms with van der Waals surface area (Å²) in [6, 6.07) is 1.30. The summed E-state index contributed by atoms with van der Waals surface area (Å²) >= 11 is 17.9. The minimum absolute atomic E-state index is 0.0450. The first-order valence-electron chi connectivity index (χ1n) is 5.54. The number of carbonyl (C=O) groups is 1. The molecule has 0 radical (unpaired) electrons. The van der Waals surface area contributed by atoms with Gasteiger partial charge in [-0.2, -0.15) is 0 Å². The van der Waals surface area contributed by atoms with E-state index in [2.05, 4.69) is 10.3 Å². The first kappa shape index (κ1) is 13.7. The molecule has 0 bridgehead atoms. The van der Waals surface area contributed by atoms with Crippen molar-refractivity contribution in [3.05, 3.63) is 21.3 Å². The number of hydrogen-bond donors (Lipinski definition) is 1. The number of anilines is 1. The van der Waals surface area contributed by atoms with Crippen molar-refractivity contribution in [2.75, 3.05) is 18.5 Å². The van der Waals surface area contributed by atoms with Crippen molar-refractivity contribution in [1.29, 1.82) is 0 Å². The van der Waals surface area contributed by atoms with Gasteiger partial charge in [0.15, 0.2) is 0 Å². The third-order valence-corrected chi connectivity index (χ3v) is 3.89. The molecule has 0 spiro atoms. The SMILES string of the molecule is CNC(=O)C1CCCN1c1nc(Cl)c(Cl)cc1Cl. The number of carbonyl (C=O) groups excluding carboxylic acids is 1. The molecule has 1 aromatic rings. The van der Waals surface area contributed by atoms with Crippen LogP contribution in [0.3, 0.4) is 0 Å². The molecule has 0 aliphatic carbocycles. The van der Waals surface area contributed by atoms with Crippen LogP contribution in [0.15, 0.2) is 6.07 Å². The van der Waals surface area contributed by atoms with Gasteiger partial charge in [0.1, 0.15) is 17.0 Å². The molecule has 1 aliphatic heterocycles. The Morgan fingerprint density at radius 3 is 2.83 bits per heavy atom. The summed E-state index contributed by atoms with van der Waals surface area (Å²) in [6.07, 6.45) is 1.69. The van der Waals surface area contributed by atoms with Crippen LogP contribution in [0.4, 0.5) is 5.82 Å². The summed E-state index contributed by atoms with van der Waals surface area (Å²) in [5, 5.41) is 3.54. The summed E-state index contributed by atoms with van der Waals surface area (Å²) in [5.41, 5.74) is 0. The normalized spacial score (nSPS) is 19.1. The molecular weight excluding hydrogens is 296 g/mol. The monoisotopic (exact) mass is 307 g/mol. The zero-order valence-corrected chi connectivity index (χ0v) is 12.0. The number of hydrogen-bond acceptors (Lipinski definition) is 3. The molecule has 0 saturated carbocycles. The molecule has 2 heterocycles. The number of aromatic nitrogens is 1. The highest BCUT2D eigenvalue weighted by molar-refractivity contribution is 6.43. The largest absolute Gasteiger partial charge is 0.357 e. The van der Waals surface area contributed by atoms with Crippen LogP contribution < -0.4 is 10.2 Å². The Hall–Kier alpha value is -0.710. The fraction of sp³-hybridized carbons (Fsp3) is 0.455. The van der Waals surface area contributed by atoms with E-state index in [0.717, 1.165) is 19.4 Å². The predicted octanol–water partition coefficient (Wildman–Crippen LogP) is 2.76. The first-order valence-corrected chi connectivity index (χ1v) is 6.67. The van der Waals surface area contributed by atoms with E-state index in [1.807, 2.05) is 4.90 Å². The summed E-state index contributed by atoms with van der Waals surface area (Å²) < 4.78 is 0. The van der Waals surface area contributed by atoms with E-state index < -0.39 is 0 Å². The summed E-state index contributed by atoms with van der Waals surface area (Å²) in [5.74, 6) is 0.466. The van der Waals surface area contributed by atoms with E-state index in [1.165, 1.54) is 0 Å². The number of nitrogens with zero attached hydrogens (tertiary/aromatic N) is 2. The Balaban J connectivity index is 2.36. The maximum atomic E-state index is 11.8. The van der Waals surface area contributed by atoms with E-state index in [0.29, 0.717) is 15.9 Å². The Morgan fingerprint density at radius 2 is 2.17 bits per heavy atom. The van der Waals surface area contributed by atoms with E-state index in [9.17, 15) is 4.79 Å². The van der Waals surface area contributed by atoms with E-state index >= 15 is 0 Å². The lowest BCUT2D eigenvalue weighted by molar-refractivity contribution is -0.121. The number of likely N-dealkylation sites (N-methyl/N-ethyl adjacent to an activating group) is 1. The first-order chi connectivity index (χ1) is 8.54. The lowest BCUT2D eigenvalue weighted by Gasteiger charge is -2.25. The van der Waals surface area contributed by atoms with Gasteiger partial charge in [-0.05, 0) is 18.9 Å². The fourth-order valence-electron chi connectivity index (χ4n) is 2.10. The van der Waals surface area contributed by atoms with Crippen LogP contribution >= 0.6 is 34.8 Å². The second kappa shape index (κ2) is 5.51. The standard InChI is InChI=1S/C11H12Cl3N3O/c1-15-11(18)8-3-2-4-17(8)10-7(13)5-6(12)9(14)16-10/h5,8H,2-4H2,1H3,(H,15,18). The average molecular weight is 309 g/mol. The highest BCUT2D eigenvalue weighted by Crippen LogP contribution is 2.34. The lowest BCUT2D eigenvalue weighted by Crippen LogP contribution is -2.42. The van der Waals surface area contributed by atoms with Crippen molar-refractivity contribution in [2.24, 2.45) is 0 Å². The van der Waals surface area contributed by atoms with E-state index in [-0.39, 0.29) is 17.1 Å². The molecule has 1 fully saturated rings. The van der Waals surface area contributed by atoms with Crippen molar-refractivity contribution >= 4 is 46.5 Å². The fourth-order valence-corrected chi connectivity index (χ4v) is 2.70. The molecular formula is C11H12Cl3N3O. The number of amides is 1. The number of nitrogens with one attached hydrogen (secondary N) is 1. The van der Waals surface area contributed by atoms with Gasteiger partial charge in [0.2, 0.25) is 5.91 Å². The average Bonchev–Trinajstić information content (AvgIpc) is 2.81. The summed E-state index contributed by atoms with van der Waals surface area (Å²) in [7, 11) is 1.61. The maximum Gasteiger partial charge on any atom is 0.242 e. The van der Waals surface area contributed by atoms with E-state index in [1.54, 1.807) is 13.1 Å². The van der Waals surface area contributed by atoms with Crippen molar-refractivity contribution in [2.45, 2.75) is 18.9 Å². The van der Waals surface area contributed by atoms with Gasteiger partial charge < -0.3 is 10.2 Å². The minimum Gasteiger partial charge on any atom is -0.357 e.